The summed E-state index contributed by atoms with van der Waals surface area (Å²) in [6.45, 7) is 6.95. The molecule has 4 nitrogen and oxygen atoms in total. The highest BCUT2D eigenvalue weighted by molar-refractivity contribution is 5.80. The van der Waals surface area contributed by atoms with E-state index in [1.54, 1.807) is 14.0 Å². The second kappa shape index (κ2) is 7.79. The van der Waals surface area contributed by atoms with Crippen molar-refractivity contribution in [3.8, 4) is 5.75 Å². The van der Waals surface area contributed by atoms with Crippen molar-refractivity contribution in [2.45, 2.75) is 32.8 Å². The summed E-state index contributed by atoms with van der Waals surface area (Å²) in [5.74, 6) is 1.00. The van der Waals surface area contributed by atoms with Crippen LogP contribution in [0, 0.1) is 0 Å². The van der Waals surface area contributed by atoms with Gasteiger partial charge in [-0.1, -0.05) is 32.0 Å². The largest absolute Gasteiger partial charge is 0.481 e. The van der Waals surface area contributed by atoms with Crippen molar-refractivity contribution in [1.82, 2.24) is 5.32 Å². The summed E-state index contributed by atoms with van der Waals surface area (Å²) in [4.78, 5) is 11.8. The van der Waals surface area contributed by atoms with E-state index in [1.165, 1.54) is 0 Å². The number of hydrogen-bond acceptors (Lipinski definition) is 3. The van der Waals surface area contributed by atoms with Crippen molar-refractivity contribution in [3.05, 3.63) is 29.8 Å². The summed E-state index contributed by atoms with van der Waals surface area (Å²) in [5.41, 5.74) is 1.11. The second-order valence-corrected chi connectivity index (χ2v) is 4.74. The van der Waals surface area contributed by atoms with Gasteiger partial charge >= 0.3 is 0 Å². The number of hydrogen-bond donors (Lipinski definition) is 1. The van der Waals surface area contributed by atoms with Crippen molar-refractivity contribution < 1.29 is 14.3 Å². The minimum absolute atomic E-state index is 0.129. The van der Waals surface area contributed by atoms with Crippen LogP contribution < -0.4 is 10.1 Å². The van der Waals surface area contributed by atoms with Gasteiger partial charge < -0.3 is 14.8 Å². The van der Waals surface area contributed by atoms with E-state index < -0.39 is 6.10 Å². The molecule has 0 bridgehead atoms. The summed E-state index contributed by atoms with van der Waals surface area (Å²) >= 11 is 0. The van der Waals surface area contributed by atoms with Gasteiger partial charge in [0.25, 0.3) is 5.91 Å². The molecule has 0 spiro atoms. The van der Waals surface area contributed by atoms with Gasteiger partial charge in [-0.15, -0.1) is 0 Å². The molecular formula is C15H23NO3. The Morgan fingerprint density at radius 1 is 1.26 bits per heavy atom. The number of benzene rings is 1. The summed E-state index contributed by atoms with van der Waals surface area (Å²) in [5, 5.41) is 2.76. The van der Waals surface area contributed by atoms with E-state index in [1.807, 2.05) is 24.3 Å². The van der Waals surface area contributed by atoms with Crippen LogP contribution in [0.4, 0.5) is 0 Å². The lowest BCUT2D eigenvalue weighted by atomic mass is 10.0. The molecule has 1 aromatic rings. The summed E-state index contributed by atoms with van der Waals surface area (Å²) < 4.78 is 10.6. The van der Waals surface area contributed by atoms with Crippen LogP contribution in [0.25, 0.3) is 0 Å². The molecule has 0 heterocycles. The Hall–Kier alpha value is -1.55. The number of para-hydroxylation sites is 1. The van der Waals surface area contributed by atoms with E-state index in [2.05, 4.69) is 19.2 Å². The molecule has 1 amide bonds. The predicted molar refractivity (Wildman–Crippen MR) is 75.5 cm³/mol. The van der Waals surface area contributed by atoms with Gasteiger partial charge in [0.05, 0.1) is 6.61 Å². The number of amides is 1. The Morgan fingerprint density at radius 2 is 1.95 bits per heavy atom. The third kappa shape index (κ3) is 4.91. The molecule has 1 aromatic carbocycles. The fourth-order valence-corrected chi connectivity index (χ4v) is 1.73. The summed E-state index contributed by atoms with van der Waals surface area (Å²) in [6.07, 6.45) is -0.517. The van der Waals surface area contributed by atoms with Gasteiger partial charge in [-0.05, 0) is 24.5 Å². The summed E-state index contributed by atoms with van der Waals surface area (Å²) in [7, 11) is 1.60. The van der Waals surface area contributed by atoms with Crippen molar-refractivity contribution in [2.24, 2.45) is 0 Å². The predicted octanol–water partition coefficient (Wildman–Crippen LogP) is 2.34. The topological polar surface area (TPSA) is 47.6 Å². The Bertz CT molecular complexity index is 404. The maximum atomic E-state index is 11.8. The van der Waals surface area contributed by atoms with Crippen LogP contribution in [0.2, 0.25) is 0 Å². The molecule has 0 radical (unpaired) electrons. The first-order chi connectivity index (χ1) is 9.06. The molecule has 0 aromatic heterocycles. The molecule has 1 atom stereocenters. The van der Waals surface area contributed by atoms with E-state index in [-0.39, 0.29) is 5.91 Å². The van der Waals surface area contributed by atoms with Crippen molar-refractivity contribution in [2.75, 3.05) is 20.3 Å². The molecular weight excluding hydrogens is 242 g/mol. The first-order valence-electron chi connectivity index (χ1n) is 6.58. The maximum Gasteiger partial charge on any atom is 0.260 e. The minimum atomic E-state index is -0.517. The number of rotatable bonds is 7. The molecule has 1 N–H and O–H groups in total. The van der Waals surface area contributed by atoms with Gasteiger partial charge in [-0.25, -0.2) is 0 Å². The third-order valence-electron chi connectivity index (χ3n) is 2.82. The number of nitrogens with one attached hydrogen (secondary N) is 1. The molecule has 106 valence electrons. The zero-order chi connectivity index (χ0) is 14.3. The molecule has 0 saturated carbocycles. The van der Waals surface area contributed by atoms with Crippen LogP contribution in [-0.2, 0) is 9.53 Å². The maximum absolute atomic E-state index is 11.8. The lowest BCUT2D eigenvalue weighted by Crippen LogP contribution is -2.38. The highest BCUT2D eigenvalue weighted by Crippen LogP contribution is 2.26. The normalized spacial score (nSPS) is 12.3. The standard InChI is InChI=1S/C15H23NO3/c1-11(2)13-7-5-6-8-14(13)19-12(3)15(17)16-9-10-18-4/h5-8,11-12H,9-10H2,1-4H3,(H,16,17). The zero-order valence-corrected chi connectivity index (χ0v) is 12.1. The van der Waals surface area contributed by atoms with Gasteiger partial charge in [0.15, 0.2) is 6.10 Å². The monoisotopic (exact) mass is 265 g/mol. The fraction of sp³-hybridized carbons (Fsp3) is 0.533. The zero-order valence-electron chi connectivity index (χ0n) is 12.1. The van der Waals surface area contributed by atoms with E-state index in [0.717, 1.165) is 11.3 Å². The molecule has 19 heavy (non-hydrogen) atoms. The van der Waals surface area contributed by atoms with Crippen LogP contribution in [0.15, 0.2) is 24.3 Å². The van der Waals surface area contributed by atoms with Gasteiger partial charge in [-0.3, -0.25) is 4.79 Å². The average Bonchev–Trinajstić information content (AvgIpc) is 2.39. The van der Waals surface area contributed by atoms with E-state index in [9.17, 15) is 4.79 Å². The van der Waals surface area contributed by atoms with Gasteiger partial charge in [0.1, 0.15) is 5.75 Å². The van der Waals surface area contributed by atoms with Crippen molar-refractivity contribution >= 4 is 5.91 Å². The molecule has 0 fully saturated rings. The summed E-state index contributed by atoms with van der Waals surface area (Å²) in [6, 6.07) is 7.81. The first kappa shape index (κ1) is 15.5. The number of methoxy groups -OCH3 is 1. The van der Waals surface area contributed by atoms with Crippen molar-refractivity contribution in [1.29, 1.82) is 0 Å². The van der Waals surface area contributed by atoms with E-state index in [0.29, 0.717) is 19.1 Å². The first-order valence-corrected chi connectivity index (χ1v) is 6.58. The second-order valence-electron chi connectivity index (χ2n) is 4.74. The number of carbonyl (C=O) groups excluding carboxylic acids is 1. The molecule has 0 aliphatic heterocycles. The van der Waals surface area contributed by atoms with Gasteiger partial charge in [-0.2, -0.15) is 0 Å². The molecule has 0 aliphatic rings. The molecule has 0 saturated heterocycles. The fourth-order valence-electron chi connectivity index (χ4n) is 1.73. The Balaban J connectivity index is 2.61. The highest BCUT2D eigenvalue weighted by atomic mass is 16.5. The highest BCUT2D eigenvalue weighted by Gasteiger charge is 2.16. The van der Waals surface area contributed by atoms with Crippen molar-refractivity contribution in [3.63, 3.8) is 0 Å². The lowest BCUT2D eigenvalue weighted by Gasteiger charge is -2.18. The van der Waals surface area contributed by atoms with Crippen LogP contribution in [0.5, 0.6) is 5.75 Å². The van der Waals surface area contributed by atoms with Crippen LogP contribution >= 0.6 is 0 Å². The quantitative estimate of drug-likeness (QED) is 0.770. The molecule has 1 rings (SSSR count). The van der Waals surface area contributed by atoms with E-state index >= 15 is 0 Å². The Kier molecular flexibility index (Phi) is 6.36. The Morgan fingerprint density at radius 3 is 2.58 bits per heavy atom. The molecule has 1 unspecified atom stereocenters. The number of ether oxygens (including phenoxy) is 2. The minimum Gasteiger partial charge on any atom is -0.481 e. The third-order valence-corrected chi connectivity index (χ3v) is 2.82. The van der Waals surface area contributed by atoms with Crippen LogP contribution in [0.3, 0.4) is 0 Å². The smallest absolute Gasteiger partial charge is 0.260 e. The Labute approximate surface area is 115 Å². The van der Waals surface area contributed by atoms with Crippen LogP contribution in [-0.4, -0.2) is 32.3 Å². The SMILES string of the molecule is COCCNC(=O)C(C)Oc1ccccc1C(C)C. The van der Waals surface area contributed by atoms with Gasteiger partial charge in [0, 0.05) is 13.7 Å². The average molecular weight is 265 g/mol. The molecule has 0 aliphatic carbocycles. The van der Waals surface area contributed by atoms with Gasteiger partial charge in [0.2, 0.25) is 0 Å². The lowest BCUT2D eigenvalue weighted by molar-refractivity contribution is -0.127. The number of carbonyl (C=O) groups is 1. The van der Waals surface area contributed by atoms with Crippen LogP contribution in [0.1, 0.15) is 32.3 Å². The van der Waals surface area contributed by atoms with E-state index in [4.69, 9.17) is 9.47 Å². The molecule has 4 heteroatoms.